The smallest absolute Gasteiger partial charge is 0.246 e. The van der Waals surface area contributed by atoms with Crippen molar-refractivity contribution in [3.8, 4) is 0 Å². The van der Waals surface area contributed by atoms with E-state index in [9.17, 15) is 4.79 Å². The van der Waals surface area contributed by atoms with Gasteiger partial charge >= 0.3 is 0 Å². The standard InChI is InChI=1S/C15H19N3O3S/c1-10(8-12-4-3-7-22-12)15(19)18-5-6-20-13(9-18)14-17-16-11(2)21-14/h3-4,7,10,13H,5-6,8-9H2,1-2H3/t10-,13+/m0/s1. The summed E-state index contributed by atoms with van der Waals surface area (Å²) in [5, 5.41) is 9.85. The Kier molecular flexibility index (Phi) is 4.54. The maximum atomic E-state index is 12.6. The molecule has 2 aromatic rings. The molecule has 0 spiro atoms. The minimum absolute atomic E-state index is 0.0400. The van der Waals surface area contributed by atoms with E-state index in [1.54, 1.807) is 18.3 Å². The van der Waals surface area contributed by atoms with Crippen LogP contribution >= 0.6 is 11.3 Å². The Hall–Kier alpha value is -1.73. The zero-order chi connectivity index (χ0) is 15.5. The fourth-order valence-corrected chi connectivity index (χ4v) is 3.41. The second kappa shape index (κ2) is 6.58. The molecule has 0 aliphatic carbocycles. The SMILES string of the molecule is Cc1nnc([C@H]2CN(C(=O)[C@@H](C)Cc3cccs3)CCO2)o1. The molecule has 0 saturated carbocycles. The van der Waals surface area contributed by atoms with E-state index < -0.39 is 0 Å². The second-order valence-electron chi connectivity index (χ2n) is 5.49. The summed E-state index contributed by atoms with van der Waals surface area (Å²) in [5.74, 6) is 1.06. The molecule has 0 N–H and O–H groups in total. The van der Waals surface area contributed by atoms with Crippen LogP contribution in [-0.4, -0.2) is 40.7 Å². The first-order valence-electron chi connectivity index (χ1n) is 7.36. The van der Waals surface area contributed by atoms with Crippen LogP contribution in [0.4, 0.5) is 0 Å². The molecule has 0 aromatic carbocycles. The molecule has 1 amide bonds. The van der Waals surface area contributed by atoms with Crippen molar-refractivity contribution < 1.29 is 13.9 Å². The number of morpholine rings is 1. The Morgan fingerprint density at radius 3 is 3.09 bits per heavy atom. The van der Waals surface area contributed by atoms with Gasteiger partial charge in [-0.05, 0) is 17.9 Å². The maximum absolute atomic E-state index is 12.6. The fourth-order valence-electron chi connectivity index (χ4n) is 2.57. The number of aromatic nitrogens is 2. The summed E-state index contributed by atoms with van der Waals surface area (Å²) >= 11 is 1.69. The number of carbonyl (C=O) groups is 1. The van der Waals surface area contributed by atoms with E-state index >= 15 is 0 Å². The van der Waals surface area contributed by atoms with Crippen LogP contribution in [0.5, 0.6) is 0 Å². The van der Waals surface area contributed by atoms with Crippen molar-refractivity contribution in [2.75, 3.05) is 19.7 Å². The predicted molar refractivity (Wildman–Crippen MR) is 81.5 cm³/mol. The normalized spacial score (nSPS) is 20.1. The first kappa shape index (κ1) is 15.2. The molecule has 118 valence electrons. The minimum atomic E-state index is -0.326. The van der Waals surface area contributed by atoms with E-state index in [0.29, 0.717) is 31.5 Å². The van der Waals surface area contributed by atoms with Crippen LogP contribution in [0.1, 0.15) is 29.7 Å². The highest BCUT2D eigenvalue weighted by Gasteiger charge is 2.30. The Labute approximate surface area is 133 Å². The van der Waals surface area contributed by atoms with Crippen LogP contribution in [0.2, 0.25) is 0 Å². The number of hydrogen-bond donors (Lipinski definition) is 0. The Bertz CT molecular complexity index is 626. The van der Waals surface area contributed by atoms with Gasteiger partial charge in [-0.2, -0.15) is 0 Å². The van der Waals surface area contributed by atoms with Crippen LogP contribution in [0, 0.1) is 12.8 Å². The first-order chi connectivity index (χ1) is 10.6. The second-order valence-corrected chi connectivity index (χ2v) is 6.52. The third-order valence-corrected chi connectivity index (χ3v) is 4.60. The number of nitrogens with zero attached hydrogens (tertiary/aromatic N) is 3. The van der Waals surface area contributed by atoms with Gasteiger partial charge < -0.3 is 14.1 Å². The lowest BCUT2D eigenvalue weighted by Gasteiger charge is -2.33. The number of carbonyl (C=O) groups excluding carboxylic acids is 1. The lowest BCUT2D eigenvalue weighted by Crippen LogP contribution is -2.44. The van der Waals surface area contributed by atoms with Crippen molar-refractivity contribution in [3.63, 3.8) is 0 Å². The molecule has 1 saturated heterocycles. The fraction of sp³-hybridized carbons (Fsp3) is 0.533. The summed E-state index contributed by atoms with van der Waals surface area (Å²) < 4.78 is 11.1. The highest BCUT2D eigenvalue weighted by Crippen LogP contribution is 2.23. The van der Waals surface area contributed by atoms with Gasteiger partial charge in [0.15, 0.2) is 6.10 Å². The summed E-state index contributed by atoms with van der Waals surface area (Å²) in [5.41, 5.74) is 0. The molecule has 6 nitrogen and oxygen atoms in total. The molecular formula is C15H19N3O3S. The molecule has 1 aliphatic heterocycles. The molecule has 2 atom stereocenters. The lowest BCUT2D eigenvalue weighted by molar-refractivity contribution is -0.143. The van der Waals surface area contributed by atoms with E-state index in [0.717, 1.165) is 6.42 Å². The summed E-state index contributed by atoms with van der Waals surface area (Å²) in [6.45, 7) is 5.28. The van der Waals surface area contributed by atoms with Crippen LogP contribution in [-0.2, 0) is 16.0 Å². The van der Waals surface area contributed by atoms with Gasteiger partial charge in [0.25, 0.3) is 0 Å². The average molecular weight is 321 g/mol. The summed E-state index contributed by atoms with van der Waals surface area (Å²) in [7, 11) is 0. The molecule has 0 bridgehead atoms. The van der Waals surface area contributed by atoms with Gasteiger partial charge in [0.1, 0.15) is 0 Å². The molecule has 0 unspecified atom stereocenters. The van der Waals surface area contributed by atoms with Crippen molar-refractivity contribution in [1.29, 1.82) is 0 Å². The van der Waals surface area contributed by atoms with Crippen LogP contribution in [0.3, 0.4) is 0 Å². The maximum Gasteiger partial charge on any atom is 0.246 e. The van der Waals surface area contributed by atoms with Crippen LogP contribution in [0.15, 0.2) is 21.9 Å². The third-order valence-electron chi connectivity index (χ3n) is 3.70. The highest BCUT2D eigenvalue weighted by atomic mass is 32.1. The summed E-state index contributed by atoms with van der Waals surface area (Å²) in [6.07, 6.45) is 0.450. The molecule has 1 fully saturated rings. The van der Waals surface area contributed by atoms with Gasteiger partial charge in [-0.1, -0.05) is 13.0 Å². The molecular weight excluding hydrogens is 302 g/mol. The quantitative estimate of drug-likeness (QED) is 0.863. The number of thiophene rings is 1. The summed E-state index contributed by atoms with van der Waals surface area (Å²) in [4.78, 5) is 15.7. The highest BCUT2D eigenvalue weighted by molar-refractivity contribution is 7.09. The average Bonchev–Trinajstić information content (AvgIpc) is 3.18. The van der Waals surface area contributed by atoms with Gasteiger partial charge in [0.2, 0.25) is 17.7 Å². The third kappa shape index (κ3) is 3.36. The number of ether oxygens (including phenoxy) is 1. The molecule has 0 radical (unpaired) electrons. The van der Waals surface area contributed by atoms with Gasteiger partial charge in [0, 0.05) is 24.3 Å². The molecule has 3 heterocycles. The Morgan fingerprint density at radius 1 is 1.55 bits per heavy atom. The molecule has 1 aliphatic rings. The van der Waals surface area contributed by atoms with Crippen molar-refractivity contribution >= 4 is 17.2 Å². The topological polar surface area (TPSA) is 68.5 Å². The van der Waals surface area contributed by atoms with Crippen molar-refractivity contribution in [1.82, 2.24) is 15.1 Å². The summed E-state index contributed by atoms with van der Waals surface area (Å²) in [6, 6.07) is 4.08. The van der Waals surface area contributed by atoms with E-state index in [1.807, 2.05) is 23.3 Å². The van der Waals surface area contributed by atoms with Gasteiger partial charge in [-0.25, -0.2) is 0 Å². The Morgan fingerprint density at radius 2 is 2.41 bits per heavy atom. The molecule has 22 heavy (non-hydrogen) atoms. The molecule has 3 rings (SSSR count). The predicted octanol–water partition coefficient (Wildman–Crippen LogP) is 2.22. The number of hydrogen-bond acceptors (Lipinski definition) is 6. The minimum Gasteiger partial charge on any atom is -0.423 e. The van der Waals surface area contributed by atoms with E-state index in [1.165, 1.54) is 4.88 Å². The monoisotopic (exact) mass is 321 g/mol. The van der Waals surface area contributed by atoms with Crippen molar-refractivity contribution in [2.24, 2.45) is 5.92 Å². The van der Waals surface area contributed by atoms with Crippen molar-refractivity contribution in [3.05, 3.63) is 34.2 Å². The number of amides is 1. The molecule has 7 heteroatoms. The first-order valence-corrected chi connectivity index (χ1v) is 8.24. The lowest BCUT2D eigenvalue weighted by atomic mass is 10.0. The van der Waals surface area contributed by atoms with Crippen molar-refractivity contribution in [2.45, 2.75) is 26.4 Å². The number of aryl methyl sites for hydroxylation is 1. The zero-order valence-corrected chi connectivity index (χ0v) is 13.5. The van der Waals surface area contributed by atoms with Gasteiger partial charge in [-0.3, -0.25) is 4.79 Å². The van der Waals surface area contributed by atoms with E-state index in [-0.39, 0.29) is 17.9 Å². The van der Waals surface area contributed by atoms with Crippen LogP contribution < -0.4 is 0 Å². The van der Waals surface area contributed by atoms with Gasteiger partial charge in [-0.15, -0.1) is 21.5 Å². The van der Waals surface area contributed by atoms with E-state index in [4.69, 9.17) is 9.15 Å². The Balaban J connectivity index is 1.62. The largest absolute Gasteiger partial charge is 0.423 e. The molecule has 2 aromatic heterocycles. The van der Waals surface area contributed by atoms with Gasteiger partial charge in [0.05, 0.1) is 13.2 Å². The number of rotatable bonds is 4. The van der Waals surface area contributed by atoms with Crippen LogP contribution in [0.25, 0.3) is 0 Å². The zero-order valence-electron chi connectivity index (χ0n) is 12.7. The van der Waals surface area contributed by atoms with E-state index in [2.05, 4.69) is 16.3 Å².